The number of likely N-dealkylation sites (tertiary alicyclic amines) is 1. The van der Waals surface area contributed by atoms with E-state index >= 15 is 0 Å². The quantitative estimate of drug-likeness (QED) is 0.855. The molecular formula is C19H22N2O4. The van der Waals surface area contributed by atoms with Crippen molar-refractivity contribution < 1.29 is 18.7 Å². The molecule has 2 aromatic rings. The van der Waals surface area contributed by atoms with E-state index < -0.39 is 0 Å². The minimum atomic E-state index is -0.153. The second kappa shape index (κ2) is 6.98. The summed E-state index contributed by atoms with van der Waals surface area (Å²) in [5.41, 5.74) is 0.918. The number of carbonyl (C=O) groups is 1. The van der Waals surface area contributed by atoms with Crippen LogP contribution in [0.4, 0.5) is 0 Å². The lowest BCUT2D eigenvalue weighted by molar-refractivity contribution is -0.0416. The number of aromatic nitrogens is 1. The Morgan fingerprint density at radius 3 is 2.92 bits per heavy atom. The third kappa shape index (κ3) is 3.60. The maximum absolute atomic E-state index is 12.3. The maximum atomic E-state index is 12.3. The third-order valence-electron chi connectivity index (χ3n) is 5.08. The van der Waals surface area contributed by atoms with Crippen LogP contribution in [0.5, 0.6) is 0 Å². The van der Waals surface area contributed by atoms with Gasteiger partial charge in [0, 0.05) is 31.9 Å². The topological polar surface area (TPSA) is 64.8 Å². The van der Waals surface area contributed by atoms with Crippen LogP contribution < -0.4 is 0 Å². The van der Waals surface area contributed by atoms with Crippen molar-refractivity contribution in [1.29, 1.82) is 0 Å². The van der Waals surface area contributed by atoms with Gasteiger partial charge in [0.2, 0.25) is 0 Å². The number of pyridine rings is 1. The molecule has 0 bridgehead atoms. The Morgan fingerprint density at radius 1 is 1.32 bits per heavy atom. The van der Waals surface area contributed by atoms with Crippen molar-refractivity contribution in [2.75, 3.05) is 19.7 Å². The summed E-state index contributed by atoms with van der Waals surface area (Å²) in [7, 11) is 0. The summed E-state index contributed by atoms with van der Waals surface area (Å²) in [4.78, 5) is 18.3. The van der Waals surface area contributed by atoms with Crippen LogP contribution in [-0.2, 0) is 16.1 Å². The normalized spacial score (nSPS) is 22.4. The molecular weight excluding hydrogens is 320 g/mol. The van der Waals surface area contributed by atoms with E-state index in [-0.39, 0.29) is 17.6 Å². The smallest absolute Gasteiger partial charge is 0.289 e. The Morgan fingerprint density at radius 2 is 2.20 bits per heavy atom. The minimum Gasteiger partial charge on any atom is -0.459 e. The van der Waals surface area contributed by atoms with E-state index in [2.05, 4.69) is 4.98 Å². The Hall–Kier alpha value is -2.18. The van der Waals surface area contributed by atoms with Crippen LogP contribution in [0.25, 0.3) is 0 Å². The highest BCUT2D eigenvalue weighted by atomic mass is 16.6. The van der Waals surface area contributed by atoms with Crippen LogP contribution in [0.3, 0.4) is 0 Å². The molecule has 4 rings (SSSR count). The lowest BCUT2D eigenvalue weighted by Crippen LogP contribution is -2.46. The van der Waals surface area contributed by atoms with E-state index in [1.807, 2.05) is 23.2 Å². The molecule has 2 aromatic heterocycles. The van der Waals surface area contributed by atoms with Gasteiger partial charge in [0.25, 0.3) is 5.91 Å². The first-order chi connectivity index (χ1) is 12.2. The van der Waals surface area contributed by atoms with E-state index in [1.54, 1.807) is 18.3 Å². The monoisotopic (exact) mass is 342 g/mol. The molecule has 0 N–H and O–H groups in total. The van der Waals surface area contributed by atoms with Crippen LogP contribution in [0.1, 0.15) is 35.4 Å². The molecule has 132 valence electrons. The minimum absolute atomic E-state index is 0.0396. The summed E-state index contributed by atoms with van der Waals surface area (Å²) in [6.07, 6.45) is 7.78. The van der Waals surface area contributed by atoms with Gasteiger partial charge in [0.05, 0.1) is 31.2 Å². The second-order valence-electron chi connectivity index (χ2n) is 6.76. The van der Waals surface area contributed by atoms with Gasteiger partial charge in [-0.25, -0.2) is 0 Å². The van der Waals surface area contributed by atoms with E-state index in [1.165, 1.54) is 6.26 Å². The highest BCUT2D eigenvalue weighted by Crippen LogP contribution is 2.37. The zero-order chi connectivity index (χ0) is 17.1. The van der Waals surface area contributed by atoms with E-state index in [4.69, 9.17) is 13.9 Å². The summed E-state index contributed by atoms with van der Waals surface area (Å²) in [5, 5.41) is 0. The number of hydrogen-bond donors (Lipinski definition) is 0. The van der Waals surface area contributed by atoms with E-state index in [9.17, 15) is 4.79 Å². The first-order valence-electron chi connectivity index (χ1n) is 8.71. The van der Waals surface area contributed by atoms with Crippen molar-refractivity contribution >= 4 is 5.91 Å². The lowest BCUT2D eigenvalue weighted by atomic mass is 9.88. The zero-order valence-electron chi connectivity index (χ0n) is 14.1. The molecule has 1 amide bonds. The van der Waals surface area contributed by atoms with Gasteiger partial charge in [0.15, 0.2) is 5.76 Å². The fourth-order valence-corrected chi connectivity index (χ4v) is 3.63. The maximum Gasteiger partial charge on any atom is 0.289 e. The third-order valence-corrected chi connectivity index (χ3v) is 5.08. The van der Waals surface area contributed by atoms with Crippen LogP contribution in [0.15, 0.2) is 47.3 Å². The summed E-state index contributed by atoms with van der Waals surface area (Å²) >= 11 is 0. The van der Waals surface area contributed by atoms with Crippen molar-refractivity contribution in [2.45, 2.75) is 37.6 Å². The number of ether oxygens (including phenoxy) is 2. The summed E-state index contributed by atoms with van der Waals surface area (Å²) in [6, 6.07) is 7.37. The first kappa shape index (κ1) is 16.3. The number of nitrogens with zero attached hydrogens (tertiary/aromatic N) is 2. The van der Waals surface area contributed by atoms with Gasteiger partial charge in [-0.15, -0.1) is 0 Å². The van der Waals surface area contributed by atoms with Crippen LogP contribution >= 0.6 is 0 Å². The number of amides is 1. The zero-order valence-corrected chi connectivity index (χ0v) is 14.1. The van der Waals surface area contributed by atoms with Gasteiger partial charge in [-0.2, -0.15) is 0 Å². The molecule has 1 spiro atoms. The van der Waals surface area contributed by atoms with E-state index in [0.29, 0.717) is 32.1 Å². The van der Waals surface area contributed by atoms with Crippen LogP contribution in [-0.4, -0.2) is 47.2 Å². The molecule has 0 aliphatic carbocycles. The summed E-state index contributed by atoms with van der Waals surface area (Å²) in [5.74, 6) is 0.364. The Bertz CT molecular complexity index is 693. The van der Waals surface area contributed by atoms with Crippen molar-refractivity contribution in [3.63, 3.8) is 0 Å². The fraction of sp³-hybridized carbons (Fsp3) is 0.474. The molecule has 1 unspecified atom stereocenters. The number of furan rings is 1. The Labute approximate surface area is 146 Å². The second-order valence-corrected chi connectivity index (χ2v) is 6.76. The molecule has 2 aliphatic heterocycles. The molecule has 25 heavy (non-hydrogen) atoms. The molecule has 2 aliphatic rings. The first-order valence-corrected chi connectivity index (χ1v) is 8.71. The number of hydrogen-bond acceptors (Lipinski definition) is 5. The SMILES string of the molecule is O=C(c1ccco1)N1CCC2(CC1)CC(OCc1cccnc1)CO2. The number of rotatable bonds is 4. The van der Waals surface area contributed by atoms with Gasteiger partial charge in [0.1, 0.15) is 0 Å². The molecule has 4 heterocycles. The van der Waals surface area contributed by atoms with Crippen molar-refractivity contribution in [2.24, 2.45) is 0 Å². The Kier molecular flexibility index (Phi) is 4.55. The molecule has 2 saturated heterocycles. The molecule has 6 heteroatoms. The van der Waals surface area contributed by atoms with Crippen molar-refractivity contribution in [3.8, 4) is 0 Å². The Balaban J connectivity index is 1.28. The summed E-state index contributed by atoms with van der Waals surface area (Å²) in [6.45, 7) is 2.55. The standard InChI is InChI=1S/C19H22N2O4/c22-18(17-4-2-10-23-17)21-8-5-19(6-9-21)11-16(14-25-19)24-13-15-3-1-7-20-12-15/h1-4,7,10,12,16H,5-6,8-9,11,13-14H2. The number of carbonyl (C=O) groups excluding carboxylic acids is 1. The predicted molar refractivity (Wildman–Crippen MR) is 90.0 cm³/mol. The van der Waals surface area contributed by atoms with Gasteiger partial charge < -0.3 is 18.8 Å². The highest BCUT2D eigenvalue weighted by Gasteiger charge is 2.44. The molecule has 6 nitrogen and oxygen atoms in total. The number of piperidine rings is 1. The highest BCUT2D eigenvalue weighted by molar-refractivity contribution is 5.91. The van der Waals surface area contributed by atoms with Crippen molar-refractivity contribution in [3.05, 3.63) is 54.2 Å². The van der Waals surface area contributed by atoms with E-state index in [0.717, 1.165) is 24.8 Å². The fourth-order valence-electron chi connectivity index (χ4n) is 3.63. The lowest BCUT2D eigenvalue weighted by Gasteiger charge is -2.38. The van der Waals surface area contributed by atoms with Gasteiger partial charge in [-0.3, -0.25) is 9.78 Å². The predicted octanol–water partition coefficient (Wildman–Crippen LogP) is 2.66. The van der Waals surface area contributed by atoms with Gasteiger partial charge >= 0.3 is 0 Å². The average Bonchev–Trinajstić information content (AvgIpc) is 3.32. The van der Waals surface area contributed by atoms with Crippen LogP contribution in [0.2, 0.25) is 0 Å². The van der Waals surface area contributed by atoms with Crippen LogP contribution in [0, 0.1) is 0 Å². The van der Waals surface area contributed by atoms with Gasteiger partial charge in [-0.1, -0.05) is 6.07 Å². The van der Waals surface area contributed by atoms with Crippen molar-refractivity contribution in [1.82, 2.24) is 9.88 Å². The van der Waals surface area contributed by atoms with Gasteiger partial charge in [-0.05, 0) is 36.6 Å². The largest absolute Gasteiger partial charge is 0.459 e. The summed E-state index contributed by atoms with van der Waals surface area (Å²) < 4.78 is 17.3. The average molecular weight is 342 g/mol. The molecule has 0 saturated carbocycles. The molecule has 1 atom stereocenters. The molecule has 0 radical (unpaired) electrons. The molecule has 0 aromatic carbocycles. The molecule has 2 fully saturated rings.